The number of carbonyl (C=O) groups excluding carboxylic acids is 2. The smallest absolute Gasteiger partial charge is 0.375 e. The van der Waals surface area contributed by atoms with Gasteiger partial charge >= 0.3 is 5.97 Å². The van der Waals surface area contributed by atoms with Crippen LogP contribution >= 0.6 is 0 Å². The Kier molecular flexibility index (Phi) is 4.80. The van der Waals surface area contributed by atoms with E-state index in [1.165, 1.54) is 12.1 Å². The predicted molar refractivity (Wildman–Crippen MR) is 104 cm³/mol. The first-order valence-corrected chi connectivity index (χ1v) is 9.06. The predicted octanol–water partition coefficient (Wildman–Crippen LogP) is 4.66. The average molecular weight is 395 g/mol. The van der Waals surface area contributed by atoms with Crippen LogP contribution < -0.4 is 5.32 Å². The molecule has 2 aromatic heterocycles. The SMILES string of the molecule is Cc1c(C(=O)OCC(=O)N[C@H](C)c2cc3ccccc3o2)oc2c(F)cccc12. The van der Waals surface area contributed by atoms with Gasteiger partial charge in [0.25, 0.3) is 5.91 Å². The summed E-state index contributed by atoms with van der Waals surface area (Å²) in [6.07, 6.45) is 0. The van der Waals surface area contributed by atoms with E-state index in [1.54, 1.807) is 19.9 Å². The summed E-state index contributed by atoms with van der Waals surface area (Å²) in [5, 5.41) is 4.13. The van der Waals surface area contributed by atoms with Crippen molar-refractivity contribution >= 4 is 33.8 Å². The Morgan fingerprint density at radius 1 is 1.14 bits per heavy atom. The van der Waals surface area contributed by atoms with Gasteiger partial charge in [-0.2, -0.15) is 0 Å². The van der Waals surface area contributed by atoms with Crippen LogP contribution in [0.25, 0.3) is 21.9 Å². The zero-order chi connectivity index (χ0) is 20.5. The Balaban J connectivity index is 1.39. The molecule has 148 valence electrons. The molecule has 1 N–H and O–H groups in total. The number of carbonyl (C=O) groups is 2. The molecule has 0 aliphatic carbocycles. The van der Waals surface area contributed by atoms with Crippen LogP contribution in [0, 0.1) is 12.7 Å². The minimum atomic E-state index is -0.829. The van der Waals surface area contributed by atoms with Crippen molar-refractivity contribution in [2.24, 2.45) is 0 Å². The van der Waals surface area contributed by atoms with Crippen LogP contribution in [0.4, 0.5) is 4.39 Å². The lowest BCUT2D eigenvalue weighted by atomic mass is 10.1. The van der Waals surface area contributed by atoms with Crippen molar-refractivity contribution in [2.75, 3.05) is 6.61 Å². The van der Waals surface area contributed by atoms with E-state index >= 15 is 0 Å². The first-order valence-electron chi connectivity index (χ1n) is 9.06. The maximum absolute atomic E-state index is 13.8. The van der Waals surface area contributed by atoms with Crippen LogP contribution in [0.3, 0.4) is 0 Å². The molecule has 6 nitrogen and oxygen atoms in total. The Morgan fingerprint density at radius 2 is 1.93 bits per heavy atom. The lowest BCUT2D eigenvalue weighted by Gasteiger charge is -2.11. The van der Waals surface area contributed by atoms with Gasteiger partial charge in [-0.05, 0) is 32.0 Å². The maximum Gasteiger partial charge on any atom is 0.375 e. The number of furan rings is 2. The molecule has 29 heavy (non-hydrogen) atoms. The molecule has 0 radical (unpaired) electrons. The molecule has 0 aliphatic rings. The fourth-order valence-corrected chi connectivity index (χ4v) is 3.17. The Bertz CT molecular complexity index is 1190. The fourth-order valence-electron chi connectivity index (χ4n) is 3.17. The molecular formula is C22H18FNO5. The van der Waals surface area contributed by atoms with Gasteiger partial charge < -0.3 is 18.9 Å². The van der Waals surface area contributed by atoms with Gasteiger partial charge in [-0.25, -0.2) is 9.18 Å². The van der Waals surface area contributed by atoms with Gasteiger partial charge in [0, 0.05) is 16.3 Å². The van der Waals surface area contributed by atoms with Crippen LogP contribution in [-0.4, -0.2) is 18.5 Å². The number of para-hydroxylation sites is 2. The number of ether oxygens (including phenoxy) is 1. The summed E-state index contributed by atoms with van der Waals surface area (Å²) in [5.74, 6) is -1.42. The lowest BCUT2D eigenvalue weighted by Crippen LogP contribution is -2.31. The van der Waals surface area contributed by atoms with E-state index in [9.17, 15) is 14.0 Å². The first kappa shape index (κ1) is 18.7. The highest BCUT2D eigenvalue weighted by Gasteiger charge is 2.22. The van der Waals surface area contributed by atoms with Gasteiger partial charge in [0.1, 0.15) is 11.3 Å². The number of hydrogen-bond acceptors (Lipinski definition) is 5. The summed E-state index contributed by atoms with van der Waals surface area (Å²) in [4.78, 5) is 24.5. The highest BCUT2D eigenvalue weighted by molar-refractivity contribution is 5.96. The number of rotatable bonds is 5. The van der Waals surface area contributed by atoms with Gasteiger partial charge in [0.15, 0.2) is 18.0 Å². The van der Waals surface area contributed by atoms with E-state index in [1.807, 2.05) is 30.3 Å². The van der Waals surface area contributed by atoms with E-state index in [-0.39, 0.29) is 11.3 Å². The molecule has 4 aromatic rings. The Hall–Kier alpha value is -3.61. The molecule has 7 heteroatoms. The first-order chi connectivity index (χ1) is 13.9. The molecule has 0 saturated carbocycles. The molecular weight excluding hydrogens is 377 g/mol. The van der Waals surface area contributed by atoms with E-state index in [0.29, 0.717) is 16.7 Å². The highest BCUT2D eigenvalue weighted by Crippen LogP contribution is 2.28. The zero-order valence-corrected chi connectivity index (χ0v) is 15.8. The number of amides is 1. The second-order valence-corrected chi connectivity index (χ2v) is 6.72. The van der Waals surface area contributed by atoms with Gasteiger partial charge in [0.05, 0.1) is 6.04 Å². The van der Waals surface area contributed by atoms with Gasteiger partial charge in [-0.3, -0.25) is 4.79 Å². The number of hydrogen-bond donors (Lipinski definition) is 1. The van der Waals surface area contributed by atoms with Crippen LogP contribution in [-0.2, 0) is 9.53 Å². The van der Waals surface area contributed by atoms with Gasteiger partial charge in [-0.15, -0.1) is 0 Å². The number of nitrogens with one attached hydrogen (secondary N) is 1. The summed E-state index contributed by atoms with van der Waals surface area (Å²) < 4.78 is 29.9. The minimum Gasteiger partial charge on any atom is -0.459 e. The minimum absolute atomic E-state index is 0.0140. The van der Waals surface area contributed by atoms with Crippen molar-refractivity contribution in [1.29, 1.82) is 0 Å². The second-order valence-electron chi connectivity index (χ2n) is 6.72. The van der Waals surface area contributed by atoms with Crippen LogP contribution in [0.5, 0.6) is 0 Å². The molecule has 4 rings (SSSR count). The third-order valence-corrected chi connectivity index (χ3v) is 4.68. The highest BCUT2D eigenvalue weighted by atomic mass is 19.1. The quantitative estimate of drug-likeness (QED) is 0.497. The zero-order valence-electron chi connectivity index (χ0n) is 15.8. The van der Waals surface area contributed by atoms with E-state index in [2.05, 4.69) is 5.32 Å². The molecule has 0 spiro atoms. The van der Waals surface area contributed by atoms with E-state index < -0.39 is 30.3 Å². The number of esters is 1. The summed E-state index contributed by atoms with van der Waals surface area (Å²) in [6, 6.07) is 13.4. The summed E-state index contributed by atoms with van der Waals surface area (Å²) in [7, 11) is 0. The molecule has 0 bridgehead atoms. The monoisotopic (exact) mass is 395 g/mol. The standard InChI is InChI=1S/C22H18FNO5/c1-12-15-7-5-8-16(23)21(15)29-20(12)22(26)27-11-19(25)24-13(2)18-10-14-6-3-4-9-17(14)28-18/h3-10,13H,11H2,1-2H3,(H,24,25)/t13-/m1/s1. The maximum atomic E-state index is 13.8. The summed E-state index contributed by atoms with van der Waals surface area (Å²) in [5.41, 5.74) is 1.17. The Morgan fingerprint density at radius 3 is 2.69 bits per heavy atom. The van der Waals surface area contributed by atoms with Crippen molar-refractivity contribution in [3.05, 3.63) is 71.4 Å². The molecule has 2 heterocycles. The van der Waals surface area contributed by atoms with Gasteiger partial charge in [0.2, 0.25) is 5.76 Å². The number of benzene rings is 2. The molecule has 1 amide bonds. The van der Waals surface area contributed by atoms with Crippen molar-refractivity contribution < 1.29 is 27.6 Å². The van der Waals surface area contributed by atoms with E-state index in [4.69, 9.17) is 13.6 Å². The summed E-state index contributed by atoms with van der Waals surface area (Å²) in [6.45, 7) is 2.90. The molecule has 2 aromatic carbocycles. The third-order valence-electron chi connectivity index (χ3n) is 4.68. The van der Waals surface area contributed by atoms with Crippen molar-refractivity contribution in [1.82, 2.24) is 5.32 Å². The molecule has 1 atom stereocenters. The van der Waals surface area contributed by atoms with Crippen molar-refractivity contribution in [2.45, 2.75) is 19.9 Å². The van der Waals surface area contributed by atoms with Crippen LogP contribution in [0.2, 0.25) is 0 Å². The van der Waals surface area contributed by atoms with E-state index in [0.717, 1.165) is 11.0 Å². The van der Waals surface area contributed by atoms with Crippen LogP contribution in [0.1, 0.15) is 34.8 Å². The van der Waals surface area contributed by atoms with Crippen molar-refractivity contribution in [3.8, 4) is 0 Å². The van der Waals surface area contributed by atoms with Crippen molar-refractivity contribution in [3.63, 3.8) is 0 Å². The molecule has 0 saturated heterocycles. The average Bonchev–Trinajstić information content (AvgIpc) is 3.29. The van der Waals surface area contributed by atoms with Crippen LogP contribution in [0.15, 0.2) is 57.4 Å². The topological polar surface area (TPSA) is 81.7 Å². The number of aryl methyl sites for hydroxylation is 1. The largest absolute Gasteiger partial charge is 0.459 e. The third kappa shape index (κ3) is 3.59. The molecule has 0 fully saturated rings. The number of halogens is 1. The van der Waals surface area contributed by atoms with Gasteiger partial charge in [-0.1, -0.05) is 30.3 Å². The normalized spacial score (nSPS) is 12.2. The number of fused-ring (bicyclic) bond motifs is 2. The second kappa shape index (κ2) is 7.43. The fraction of sp³-hybridized carbons (Fsp3) is 0.182. The lowest BCUT2D eigenvalue weighted by molar-refractivity contribution is -0.125. The molecule has 0 unspecified atom stereocenters. The molecule has 0 aliphatic heterocycles. The summed E-state index contributed by atoms with van der Waals surface area (Å²) >= 11 is 0. The Labute approximate surface area is 165 Å².